The molecule has 0 spiro atoms. The number of rotatable bonds is 8. The largest absolute Gasteiger partial charge is 0.491 e. The van der Waals surface area contributed by atoms with Crippen LogP contribution in [-0.2, 0) is 11.2 Å². The average Bonchev–Trinajstić information content (AvgIpc) is 3.25. The quantitative estimate of drug-likeness (QED) is 0.640. The Morgan fingerprint density at radius 1 is 1.15 bits per heavy atom. The number of amides is 1. The molecule has 2 heterocycles. The summed E-state index contributed by atoms with van der Waals surface area (Å²) in [6, 6.07) is 12.6. The molecule has 3 rings (SSSR count). The van der Waals surface area contributed by atoms with Crippen LogP contribution in [0.1, 0.15) is 26.5 Å². The number of nitrogens with zero attached hydrogens (tertiary/aromatic N) is 1. The van der Waals surface area contributed by atoms with Gasteiger partial charge < -0.3 is 23.7 Å². The molecule has 7 nitrogen and oxygen atoms in total. The average molecular weight is 370 g/mol. The third-order valence-electron chi connectivity index (χ3n) is 3.55. The molecule has 1 amide bonds. The summed E-state index contributed by atoms with van der Waals surface area (Å²) in [5.74, 6) is 2.91. The second-order valence-corrected chi connectivity index (χ2v) is 6.27. The summed E-state index contributed by atoms with van der Waals surface area (Å²) in [5.41, 5.74) is 0.573. The minimum absolute atomic E-state index is 0.0774. The molecule has 142 valence electrons. The van der Waals surface area contributed by atoms with Gasteiger partial charge in [-0.2, -0.15) is 0 Å². The number of nitrogens with one attached hydrogen (secondary N) is 1. The van der Waals surface area contributed by atoms with Gasteiger partial charge in [0.15, 0.2) is 5.76 Å². The van der Waals surface area contributed by atoms with Crippen LogP contribution in [0.15, 0.2) is 51.4 Å². The molecule has 3 aromatic rings. The fourth-order valence-electron chi connectivity index (χ4n) is 2.40. The number of carbonyl (C=O) groups excluding carboxylic acids is 1. The summed E-state index contributed by atoms with van der Waals surface area (Å²) in [6.07, 6.45) is 0.677. The second-order valence-electron chi connectivity index (χ2n) is 6.27. The van der Waals surface area contributed by atoms with E-state index >= 15 is 0 Å². The van der Waals surface area contributed by atoms with Crippen molar-refractivity contribution in [3.05, 3.63) is 48.2 Å². The SMILES string of the molecule is CC(=O)NCCc1cc(-c2ccc(Oc3ccc(OC(C)C)cc3)o2)no1. The summed E-state index contributed by atoms with van der Waals surface area (Å²) in [7, 11) is 0. The first-order valence-corrected chi connectivity index (χ1v) is 8.74. The molecule has 27 heavy (non-hydrogen) atoms. The Bertz CT molecular complexity index is 880. The Morgan fingerprint density at radius 3 is 2.59 bits per heavy atom. The van der Waals surface area contributed by atoms with E-state index in [9.17, 15) is 4.79 Å². The molecule has 0 aliphatic rings. The standard InChI is InChI=1S/C20H22N2O5/c1-13(2)24-15-4-6-16(7-5-15)25-20-9-8-19(26-20)18-12-17(27-22-18)10-11-21-14(3)23/h4-9,12-13H,10-11H2,1-3H3,(H,21,23). The molecule has 0 atom stereocenters. The maximum Gasteiger partial charge on any atom is 0.290 e. The number of hydrogen-bond acceptors (Lipinski definition) is 6. The van der Waals surface area contributed by atoms with E-state index in [1.807, 2.05) is 38.1 Å². The van der Waals surface area contributed by atoms with Crippen LogP contribution in [0.3, 0.4) is 0 Å². The molecule has 0 bridgehead atoms. The lowest BCUT2D eigenvalue weighted by molar-refractivity contribution is -0.118. The lowest BCUT2D eigenvalue weighted by Crippen LogP contribution is -2.22. The highest BCUT2D eigenvalue weighted by Crippen LogP contribution is 2.30. The van der Waals surface area contributed by atoms with Crippen molar-refractivity contribution in [3.63, 3.8) is 0 Å². The van der Waals surface area contributed by atoms with Crippen LogP contribution in [0.4, 0.5) is 0 Å². The molecule has 0 saturated carbocycles. The van der Waals surface area contributed by atoms with E-state index in [0.717, 1.165) is 5.75 Å². The minimum atomic E-state index is -0.0774. The molecule has 2 aromatic heterocycles. The van der Waals surface area contributed by atoms with Crippen molar-refractivity contribution < 1.29 is 23.2 Å². The van der Waals surface area contributed by atoms with Crippen molar-refractivity contribution in [2.45, 2.75) is 33.3 Å². The Morgan fingerprint density at radius 2 is 1.89 bits per heavy atom. The number of benzene rings is 1. The number of ether oxygens (including phenoxy) is 2. The van der Waals surface area contributed by atoms with Crippen molar-refractivity contribution in [1.82, 2.24) is 10.5 Å². The van der Waals surface area contributed by atoms with Crippen molar-refractivity contribution >= 4 is 5.91 Å². The number of furan rings is 1. The molecule has 1 aromatic carbocycles. The van der Waals surface area contributed by atoms with E-state index in [4.69, 9.17) is 18.4 Å². The zero-order valence-electron chi connectivity index (χ0n) is 15.5. The zero-order valence-corrected chi connectivity index (χ0v) is 15.5. The van der Waals surface area contributed by atoms with Gasteiger partial charge >= 0.3 is 0 Å². The lowest BCUT2D eigenvalue weighted by Gasteiger charge is -2.09. The number of aromatic nitrogens is 1. The van der Waals surface area contributed by atoms with E-state index < -0.39 is 0 Å². The van der Waals surface area contributed by atoms with Gasteiger partial charge in [-0.15, -0.1) is 0 Å². The topological polar surface area (TPSA) is 86.7 Å². The molecule has 7 heteroatoms. The Hall–Kier alpha value is -3.22. The summed E-state index contributed by atoms with van der Waals surface area (Å²) in [4.78, 5) is 10.9. The molecule has 0 aliphatic carbocycles. The summed E-state index contributed by atoms with van der Waals surface area (Å²) >= 11 is 0. The molecule has 0 radical (unpaired) electrons. The molecule has 1 N–H and O–H groups in total. The first-order valence-electron chi connectivity index (χ1n) is 8.74. The molecular weight excluding hydrogens is 348 g/mol. The van der Waals surface area contributed by atoms with Crippen molar-refractivity contribution in [2.75, 3.05) is 6.54 Å². The van der Waals surface area contributed by atoms with Crippen LogP contribution < -0.4 is 14.8 Å². The highest BCUT2D eigenvalue weighted by Gasteiger charge is 2.12. The molecule has 0 saturated heterocycles. The molecule has 0 fully saturated rings. The van der Waals surface area contributed by atoms with Gasteiger partial charge in [-0.3, -0.25) is 4.79 Å². The first-order chi connectivity index (χ1) is 13.0. The first kappa shape index (κ1) is 18.6. The molecule has 0 unspecified atom stereocenters. The van der Waals surface area contributed by atoms with E-state index in [0.29, 0.717) is 41.9 Å². The van der Waals surface area contributed by atoms with Crippen LogP contribution in [0.25, 0.3) is 11.5 Å². The smallest absolute Gasteiger partial charge is 0.290 e. The van der Waals surface area contributed by atoms with Crippen LogP contribution in [0, 0.1) is 0 Å². The van der Waals surface area contributed by atoms with E-state index in [1.165, 1.54) is 6.92 Å². The number of carbonyl (C=O) groups is 1. The van der Waals surface area contributed by atoms with Gasteiger partial charge in [-0.05, 0) is 44.2 Å². The number of hydrogen-bond donors (Lipinski definition) is 1. The van der Waals surface area contributed by atoms with Gasteiger partial charge in [0, 0.05) is 32.0 Å². The zero-order chi connectivity index (χ0) is 19.2. The predicted molar refractivity (Wildman–Crippen MR) is 98.9 cm³/mol. The van der Waals surface area contributed by atoms with Gasteiger partial charge in [0.1, 0.15) is 23.0 Å². The molecular formula is C20H22N2O5. The van der Waals surface area contributed by atoms with Crippen molar-refractivity contribution in [3.8, 4) is 28.9 Å². The summed E-state index contributed by atoms with van der Waals surface area (Å²) in [5, 5.41) is 6.70. The van der Waals surface area contributed by atoms with Gasteiger partial charge in [-0.1, -0.05) is 5.16 Å². The van der Waals surface area contributed by atoms with Crippen LogP contribution in [0.5, 0.6) is 17.4 Å². The Labute approximate surface area is 157 Å². The van der Waals surface area contributed by atoms with E-state index in [2.05, 4.69) is 10.5 Å². The van der Waals surface area contributed by atoms with Crippen molar-refractivity contribution in [2.24, 2.45) is 0 Å². The van der Waals surface area contributed by atoms with Crippen LogP contribution in [-0.4, -0.2) is 23.7 Å². The Balaban J connectivity index is 1.60. The molecule has 0 aliphatic heterocycles. The van der Waals surface area contributed by atoms with Gasteiger partial charge in [0.05, 0.1) is 6.10 Å². The normalized spacial score (nSPS) is 10.8. The fraction of sp³-hybridized carbons (Fsp3) is 0.300. The predicted octanol–water partition coefficient (Wildman–Crippen LogP) is 4.19. The van der Waals surface area contributed by atoms with Gasteiger partial charge in [0.2, 0.25) is 5.91 Å². The van der Waals surface area contributed by atoms with E-state index in [1.54, 1.807) is 18.2 Å². The maximum atomic E-state index is 10.9. The second kappa shape index (κ2) is 8.44. The van der Waals surface area contributed by atoms with Crippen LogP contribution >= 0.6 is 0 Å². The third kappa shape index (κ3) is 5.37. The maximum absolute atomic E-state index is 10.9. The lowest BCUT2D eigenvalue weighted by atomic mass is 10.2. The monoisotopic (exact) mass is 370 g/mol. The highest BCUT2D eigenvalue weighted by atomic mass is 16.6. The minimum Gasteiger partial charge on any atom is -0.491 e. The van der Waals surface area contributed by atoms with Gasteiger partial charge in [-0.25, -0.2) is 0 Å². The fourth-order valence-corrected chi connectivity index (χ4v) is 2.40. The summed E-state index contributed by atoms with van der Waals surface area (Å²) in [6.45, 7) is 5.92. The van der Waals surface area contributed by atoms with Gasteiger partial charge in [0.25, 0.3) is 5.95 Å². The summed E-state index contributed by atoms with van der Waals surface area (Å²) < 4.78 is 22.3. The highest BCUT2D eigenvalue weighted by molar-refractivity contribution is 5.72. The Kier molecular flexibility index (Phi) is 5.80. The van der Waals surface area contributed by atoms with E-state index in [-0.39, 0.29) is 12.0 Å². The van der Waals surface area contributed by atoms with Crippen LogP contribution in [0.2, 0.25) is 0 Å². The third-order valence-corrected chi connectivity index (χ3v) is 3.55. The van der Waals surface area contributed by atoms with Crippen molar-refractivity contribution in [1.29, 1.82) is 0 Å².